The van der Waals surface area contributed by atoms with Crippen molar-refractivity contribution >= 4 is 29.9 Å². The summed E-state index contributed by atoms with van der Waals surface area (Å²) in [4.78, 5) is 8.91. The van der Waals surface area contributed by atoms with Crippen LogP contribution in [0.1, 0.15) is 38.3 Å². The van der Waals surface area contributed by atoms with E-state index in [2.05, 4.69) is 27.5 Å². The van der Waals surface area contributed by atoms with E-state index < -0.39 is 5.60 Å². The fraction of sp³-hybridized carbons (Fsp3) is 0.429. The smallest absolute Gasteiger partial charge is 0.218 e. The third kappa shape index (κ3) is 7.63. The normalized spacial score (nSPS) is 13.2. The number of hydrogen-bond donors (Lipinski definition) is 3. The first-order valence-corrected chi connectivity index (χ1v) is 9.43. The lowest BCUT2D eigenvalue weighted by atomic mass is 9.96. The van der Waals surface area contributed by atoms with E-state index in [1.165, 1.54) is 0 Å². The van der Waals surface area contributed by atoms with Crippen LogP contribution in [0.4, 0.5) is 0 Å². The van der Waals surface area contributed by atoms with Gasteiger partial charge in [-0.2, -0.15) is 0 Å². The maximum atomic E-state index is 10.8. The Kier molecular flexibility index (Phi) is 10.8. The van der Waals surface area contributed by atoms with Gasteiger partial charge in [0.1, 0.15) is 5.60 Å². The number of pyridine rings is 1. The SMILES string of the molecule is CCCOc1ncccc1CN=C(NCC)NCC(C)(O)c1ccccc1.I. The van der Waals surface area contributed by atoms with Crippen molar-refractivity contribution in [3.63, 3.8) is 0 Å². The topological polar surface area (TPSA) is 78.8 Å². The van der Waals surface area contributed by atoms with Crippen molar-refractivity contribution in [1.29, 1.82) is 0 Å². The lowest BCUT2D eigenvalue weighted by molar-refractivity contribution is 0.0617. The van der Waals surface area contributed by atoms with Crippen LogP contribution in [-0.2, 0) is 12.1 Å². The molecule has 0 aliphatic rings. The second kappa shape index (κ2) is 12.6. The van der Waals surface area contributed by atoms with Crippen molar-refractivity contribution in [2.75, 3.05) is 19.7 Å². The van der Waals surface area contributed by atoms with Crippen LogP contribution in [0.2, 0.25) is 0 Å². The minimum absolute atomic E-state index is 0. The summed E-state index contributed by atoms with van der Waals surface area (Å²) >= 11 is 0. The molecule has 1 unspecified atom stereocenters. The minimum Gasteiger partial charge on any atom is -0.477 e. The number of guanidine groups is 1. The molecule has 0 fully saturated rings. The fourth-order valence-corrected chi connectivity index (χ4v) is 2.53. The predicted molar refractivity (Wildman–Crippen MR) is 124 cm³/mol. The molecule has 1 atom stereocenters. The molecule has 0 amide bonds. The molecule has 0 bridgehead atoms. The molecule has 6 nitrogen and oxygen atoms in total. The molecule has 0 aliphatic carbocycles. The molecule has 154 valence electrons. The quantitative estimate of drug-likeness (QED) is 0.281. The van der Waals surface area contributed by atoms with Gasteiger partial charge < -0.3 is 20.5 Å². The Morgan fingerprint density at radius 3 is 2.57 bits per heavy atom. The zero-order chi connectivity index (χ0) is 19.5. The number of nitrogens with one attached hydrogen (secondary N) is 2. The molecule has 0 spiro atoms. The number of halogens is 1. The van der Waals surface area contributed by atoms with Gasteiger partial charge in [0.15, 0.2) is 5.96 Å². The van der Waals surface area contributed by atoms with Crippen LogP contribution in [0.25, 0.3) is 0 Å². The highest BCUT2D eigenvalue weighted by Crippen LogP contribution is 2.19. The summed E-state index contributed by atoms with van der Waals surface area (Å²) in [5.74, 6) is 1.26. The van der Waals surface area contributed by atoms with E-state index in [-0.39, 0.29) is 24.0 Å². The summed E-state index contributed by atoms with van der Waals surface area (Å²) in [6, 6.07) is 13.4. The van der Waals surface area contributed by atoms with Crippen molar-refractivity contribution in [2.24, 2.45) is 4.99 Å². The first kappa shape index (κ1) is 24.2. The number of aromatic nitrogens is 1. The highest BCUT2D eigenvalue weighted by molar-refractivity contribution is 14.0. The van der Waals surface area contributed by atoms with Crippen LogP contribution in [0.5, 0.6) is 5.88 Å². The second-order valence-corrected chi connectivity index (χ2v) is 6.50. The van der Waals surface area contributed by atoms with E-state index in [9.17, 15) is 5.11 Å². The average molecular weight is 498 g/mol. The number of hydrogen-bond acceptors (Lipinski definition) is 4. The van der Waals surface area contributed by atoms with E-state index in [1.54, 1.807) is 13.1 Å². The molecular weight excluding hydrogens is 467 g/mol. The Hall–Kier alpha value is -1.87. The van der Waals surface area contributed by atoms with E-state index in [0.29, 0.717) is 31.5 Å². The lowest BCUT2D eigenvalue weighted by Crippen LogP contribution is -2.44. The molecular formula is C21H31IN4O2. The number of benzene rings is 1. The first-order valence-electron chi connectivity index (χ1n) is 9.43. The minimum atomic E-state index is -0.999. The van der Waals surface area contributed by atoms with Gasteiger partial charge in [-0.25, -0.2) is 9.98 Å². The van der Waals surface area contributed by atoms with Crippen LogP contribution in [-0.4, -0.2) is 35.7 Å². The number of ether oxygens (including phenoxy) is 1. The van der Waals surface area contributed by atoms with Crippen LogP contribution in [0.15, 0.2) is 53.7 Å². The van der Waals surface area contributed by atoms with Crippen molar-refractivity contribution in [1.82, 2.24) is 15.6 Å². The van der Waals surface area contributed by atoms with Crippen molar-refractivity contribution in [2.45, 2.75) is 39.3 Å². The lowest BCUT2D eigenvalue weighted by Gasteiger charge is -2.25. The zero-order valence-electron chi connectivity index (χ0n) is 16.8. The molecule has 0 radical (unpaired) electrons. The second-order valence-electron chi connectivity index (χ2n) is 6.50. The van der Waals surface area contributed by atoms with Crippen molar-refractivity contribution < 1.29 is 9.84 Å². The first-order chi connectivity index (χ1) is 13.1. The van der Waals surface area contributed by atoms with Gasteiger partial charge in [0.25, 0.3) is 0 Å². The number of rotatable bonds is 9. The Labute approximate surface area is 184 Å². The van der Waals surface area contributed by atoms with E-state index in [0.717, 1.165) is 24.1 Å². The standard InChI is InChI=1S/C21H30N4O2.HI/c1-4-14-27-19-17(10-9-13-23-19)15-24-20(22-5-2)25-16-21(3,26)18-11-7-6-8-12-18;/h6-13,26H,4-5,14-16H2,1-3H3,(H2,22,24,25);1H. The third-order valence-electron chi connectivity index (χ3n) is 4.04. The molecule has 7 heteroatoms. The van der Waals surface area contributed by atoms with E-state index in [4.69, 9.17) is 4.74 Å². The van der Waals surface area contributed by atoms with Gasteiger partial charge in [-0.05, 0) is 31.9 Å². The molecule has 2 aromatic rings. The highest BCUT2D eigenvalue weighted by Gasteiger charge is 2.22. The Morgan fingerprint density at radius 1 is 1.14 bits per heavy atom. The van der Waals surface area contributed by atoms with Gasteiger partial charge in [0.2, 0.25) is 5.88 Å². The summed E-state index contributed by atoms with van der Waals surface area (Å²) in [6.07, 6.45) is 2.65. The Bertz CT molecular complexity index is 723. The van der Waals surface area contributed by atoms with Crippen LogP contribution >= 0.6 is 24.0 Å². The monoisotopic (exact) mass is 498 g/mol. The van der Waals surface area contributed by atoms with Gasteiger partial charge in [0.05, 0.1) is 19.7 Å². The molecule has 2 rings (SSSR count). The van der Waals surface area contributed by atoms with E-state index in [1.807, 2.05) is 49.4 Å². The summed E-state index contributed by atoms with van der Waals surface area (Å²) in [7, 11) is 0. The summed E-state index contributed by atoms with van der Waals surface area (Å²) in [6.45, 7) is 8.00. The summed E-state index contributed by atoms with van der Waals surface area (Å²) < 4.78 is 5.69. The van der Waals surface area contributed by atoms with Gasteiger partial charge in [0, 0.05) is 18.3 Å². The zero-order valence-corrected chi connectivity index (χ0v) is 19.1. The van der Waals surface area contributed by atoms with Crippen LogP contribution < -0.4 is 15.4 Å². The fourth-order valence-electron chi connectivity index (χ4n) is 2.53. The Morgan fingerprint density at radius 2 is 1.89 bits per heavy atom. The molecule has 0 saturated carbocycles. The van der Waals surface area contributed by atoms with Gasteiger partial charge in [-0.1, -0.05) is 43.3 Å². The largest absolute Gasteiger partial charge is 0.477 e. The van der Waals surface area contributed by atoms with Crippen molar-refractivity contribution in [3.05, 3.63) is 59.8 Å². The third-order valence-corrected chi connectivity index (χ3v) is 4.04. The molecule has 28 heavy (non-hydrogen) atoms. The molecule has 1 aromatic carbocycles. The molecule has 0 aliphatic heterocycles. The van der Waals surface area contributed by atoms with Crippen molar-refractivity contribution in [3.8, 4) is 5.88 Å². The molecule has 1 heterocycles. The Balaban J connectivity index is 0.00000392. The highest BCUT2D eigenvalue weighted by atomic mass is 127. The van der Waals surface area contributed by atoms with Crippen LogP contribution in [0, 0.1) is 0 Å². The number of nitrogens with zero attached hydrogens (tertiary/aromatic N) is 2. The number of aliphatic imine (C=N–C) groups is 1. The average Bonchev–Trinajstić information content (AvgIpc) is 2.70. The maximum Gasteiger partial charge on any atom is 0.218 e. The predicted octanol–water partition coefficient (Wildman–Crippen LogP) is 3.45. The number of aliphatic hydroxyl groups is 1. The van der Waals surface area contributed by atoms with Gasteiger partial charge >= 0.3 is 0 Å². The molecule has 0 saturated heterocycles. The molecule has 3 N–H and O–H groups in total. The molecule has 1 aromatic heterocycles. The van der Waals surface area contributed by atoms with E-state index >= 15 is 0 Å². The summed E-state index contributed by atoms with van der Waals surface area (Å²) in [5, 5.41) is 17.2. The van der Waals surface area contributed by atoms with Gasteiger partial charge in [-0.15, -0.1) is 24.0 Å². The maximum absolute atomic E-state index is 10.8. The van der Waals surface area contributed by atoms with Gasteiger partial charge in [-0.3, -0.25) is 0 Å². The summed E-state index contributed by atoms with van der Waals surface area (Å²) in [5.41, 5.74) is 0.787. The van der Waals surface area contributed by atoms with Crippen LogP contribution in [0.3, 0.4) is 0 Å².